The minimum Gasteiger partial charge on any atom is -0.324 e. The highest BCUT2D eigenvalue weighted by Gasteiger charge is 2.12. The van der Waals surface area contributed by atoms with E-state index in [-0.39, 0.29) is 6.61 Å². The van der Waals surface area contributed by atoms with E-state index in [1.54, 1.807) is 18.2 Å². The first-order valence-electron chi connectivity index (χ1n) is 7.34. The van der Waals surface area contributed by atoms with Crippen molar-refractivity contribution in [3.8, 4) is 0 Å². The van der Waals surface area contributed by atoms with Gasteiger partial charge < -0.3 is 10.6 Å². The van der Waals surface area contributed by atoms with Gasteiger partial charge in [-0.1, -0.05) is 17.7 Å². The molecule has 0 aromatic heterocycles. The minimum absolute atomic E-state index is 0.362. The molecule has 3 amide bonds. The maximum absolute atomic E-state index is 12.8. The van der Waals surface area contributed by atoms with Gasteiger partial charge in [-0.15, -0.1) is 0 Å². The number of hydroxylamine groups is 2. The number of rotatable bonds is 5. The Morgan fingerprint density at radius 3 is 2.40 bits per heavy atom. The van der Waals surface area contributed by atoms with E-state index in [1.165, 1.54) is 31.3 Å². The molecular weight excluding hydrogens is 349 g/mol. The first-order valence-corrected chi connectivity index (χ1v) is 7.72. The second-order valence-corrected chi connectivity index (χ2v) is 5.63. The van der Waals surface area contributed by atoms with Gasteiger partial charge in [0.1, 0.15) is 5.82 Å². The molecule has 0 heterocycles. The highest BCUT2D eigenvalue weighted by molar-refractivity contribution is 6.31. The second kappa shape index (κ2) is 8.46. The summed E-state index contributed by atoms with van der Waals surface area (Å²) in [5.41, 5.74) is 1.83. The van der Waals surface area contributed by atoms with Crippen LogP contribution < -0.4 is 10.6 Å². The van der Waals surface area contributed by atoms with Gasteiger partial charge in [0, 0.05) is 23.4 Å². The van der Waals surface area contributed by atoms with Crippen LogP contribution in [-0.4, -0.2) is 30.7 Å². The zero-order valence-corrected chi connectivity index (χ0v) is 14.4. The topological polar surface area (TPSA) is 70.7 Å². The van der Waals surface area contributed by atoms with Crippen LogP contribution in [0.5, 0.6) is 0 Å². The SMILES string of the molecule is Cc1ccc(NC(=O)CON(C)C(=O)Nc2ccc(F)cc2)cc1Cl. The Morgan fingerprint density at radius 1 is 1.12 bits per heavy atom. The van der Waals surface area contributed by atoms with Crippen molar-refractivity contribution in [3.63, 3.8) is 0 Å². The zero-order chi connectivity index (χ0) is 18.4. The van der Waals surface area contributed by atoms with Crippen molar-refractivity contribution >= 4 is 34.9 Å². The van der Waals surface area contributed by atoms with Gasteiger partial charge in [-0.05, 0) is 48.9 Å². The lowest BCUT2D eigenvalue weighted by Gasteiger charge is -2.17. The molecule has 6 nitrogen and oxygen atoms in total. The van der Waals surface area contributed by atoms with Crippen molar-refractivity contribution in [2.75, 3.05) is 24.3 Å². The summed E-state index contributed by atoms with van der Waals surface area (Å²) in [5.74, 6) is -0.850. The highest BCUT2D eigenvalue weighted by atomic mass is 35.5. The summed E-state index contributed by atoms with van der Waals surface area (Å²) < 4.78 is 12.8. The summed E-state index contributed by atoms with van der Waals surface area (Å²) in [7, 11) is 1.36. The van der Waals surface area contributed by atoms with E-state index in [2.05, 4.69) is 10.6 Å². The van der Waals surface area contributed by atoms with E-state index in [0.29, 0.717) is 16.4 Å². The Hall–Kier alpha value is -2.64. The lowest BCUT2D eigenvalue weighted by molar-refractivity contribution is -0.137. The highest BCUT2D eigenvalue weighted by Crippen LogP contribution is 2.19. The molecule has 2 N–H and O–H groups in total. The number of amides is 3. The number of nitrogens with one attached hydrogen (secondary N) is 2. The van der Waals surface area contributed by atoms with Crippen molar-refractivity contribution < 1.29 is 18.8 Å². The molecule has 2 rings (SSSR count). The van der Waals surface area contributed by atoms with Gasteiger partial charge in [-0.25, -0.2) is 14.2 Å². The standard InChI is InChI=1S/C17H17ClFN3O3/c1-11-3-6-14(9-15(11)18)20-16(23)10-25-22(2)17(24)21-13-7-4-12(19)5-8-13/h3-9H,10H2,1-2H3,(H,20,23)(H,21,24). The molecule has 0 bridgehead atoms. The molecule has 0 fully saturated rings. The zero-order valence-electron chi connectivity index (χ0n) is 13.7. The largest absolute Gasteiger partial charge is 0.345 e. The third-order valence-corrected chi connectivity index (χ3v) is 3.63. The van der Waals surface area contributed by atoms with Crippen molar-refractivity contribution in [3.05, 3.63) is 58.9 Å². The molecule has 0 spiro atoms. The van der Waals surface area contributed by atoms with E-state index >= 15 is 0 Å². The smallest absolute Gasteiger partial charge is 0.324 e. The number of carbonyl (C=O) groups is 2. The van der Waals surface area contributed by atoms with E-state index in [4.69, 9.17) is 16.4 Å². The van der Waals surface area contributed by atoms with Crippen LogP contribution in [0.4, 0.5) is 20.6 Å². The predicted molar refractivity (Wildman–Crippen MR) is 94.0 cm³/mol. The van der Waals surface area contributed by atoms with Crippen molar-refractivity contribution in [1.29, 1.82) is 0 Å². The number of benzene rings is 2. The number of halogens is 2. The summed E-state index contributed by atoms with van der Waals surface area (Å²) >= 11 is 5.99. The molecular formula is C17H17ClFN3O3. The lowest BCUT2D eigenvalue weighted by atomic mass is 10.2. The first kappa shape index (κ1) is 18.7. The Morgan fingerprint density at radius 2 is 1.76 bits per heavy atom. The summed E-state index contributed by atoms with van der Waals surface area (Å²) in [4.78, 5) is 28.8. The molecule has 0 atom stereocenters. The molecule has 2 aromatic carbocycles. The summed E-state index contributed by atoms with van der Waals surface area (Å²) in [6, 6.07) is 9.78. The van der Waals surface area contributed by atoms with Crippen molar-refractivity contribution in [2.24, 2.45) is 0 Å². The van der Waals surface area contributed by atoms with Gasteiger partial charge >= 0.3 is 6.03 Å². The van der Waals surface area contributed by atoms with E-state index in [9.17, 15) is 14.0 Å². The third kappa shape index (κ3) is 5.74. The number of anilines is 2. The van der Waals surface area contributed by atoms with Crippen LogP contribution >= 0.6 is 11.6 Å². The number of carbonyl (C=O) groups excluding carboxylic acids is 2. The molecule has 0 saturated heterocycles. The van der Waals surface area contributed by atoms with Gasteiger partial charge in [0.2, 0.25) is 0 Å². The quantitative estimate of drug-likeness (QED) is 0.791. The van der Waals surface area contributed by atoms with E-state index < -0.39 is 17.8 Å². The molecule has 0 aliphatic rings. The predicted octanol–water partition coefficient (Wildman–Crippen LogP) is 3.82. The molecule has 0 saturated carbocycles. The van der Waals surface area contributed by atoms with Crippen molar-refractivity contribution in [1.82, 2.24) is 5.06 Å². The van der Waals surface area contributed by atoms with E-state index in [0.717, 1.165) is 10.6 Å². The van der Waals surface area contributed by atoms with Gasteiger partial charge in [0.25, 0.3) is 5.91 Å². The summed E-state index contributed by atoms with van der Waals surface area (Å²) in [6.07, 6.45) is 0. The fourth-order valence-electron chi connectivity index (χ4n) is 1.82. The molecule has 0 aliphatic carbocycles. The summed E-state index contributed by atoms with van der Waals surface area (Å²) in [5, 5.41) is 6.53. The molecule has 2 aromatic rings. The number of urea groups is 1. The Labute approximate surface area is 149 Å². The van der Waals surface area contributed by atoms with Crippen molar-refractivity contribution in [2.45, 2.75) is 6.92 Å². The fraction of sp³-hybridized carbons (Fsp3) is 0.176. The molecule has 8 heteroatoms. The molecule has 0 unspecified atom stereocenters. The minimum atomic E-state index is -0.599. The molecule has 25 heavy (non-hydrogen) atoms. The monoisotopic (exact) mass is 365 g/mol. The molecule has 132 valence electrons. The number of nitrogens with zero attached hydrogens (tertiary/aromatic N) is 1. The Kier molecular flexibility index (Phi) is 6.32. The van der Waals surface area contributed by atoms with Gasteiger partial charge in [-0.2, -0.15) is 0 Å². The van der Waals surface area contributed by atoms with Gasteiger partial charge in [-0.3, -0.25) is 9.63 Å². The molecule has 0 aliphatic heterocycles. The normalized spacial score (nSPS) is 10.2. The van der Waals surface area contributed by atoms with Crippen LogP contribution in [0, 0.1) is 12.7 Å². The number of aryl methyl sites for hydroxylation is 1. The van der Waals surface area contributed by atoms with Crippen LogP contribution in [0.2, 0.25) is 5.02 Å². The van der Waals surface area contributed by atoms with Crippen LogP contribution in [0.25, 0.3) is 0 Å². The number of hydrogen-bond acceptors (Lipinski definition) is 3. The Balaban J connectivity index is 1.80. The third-order valence-electron chi connectivity index (χ3n) is 3.23. The van der Waals surface area contributed by atoms with Crippen LogP contribution in [0.1, 0.15) is 5.56 Å². The average Bonchev–Trinajstić information content (AvgIpc) is 2.58. The average molecular weight is 366 g/mol. The van der Waals surface area contributed by atoms with Gasteiger partial charge in [0.05, 0.1) is 0 Å². The van der Waals surface area contributed by atoms with Crippen LogP contribution in [0.15, 0.2) is 42.5 Å². The first-order chi connectivity index (χ1) is 11.8. The maximum Gasteiger partial charge on any atom is 0.345 e. The maximum atomic E-state index is 12.8. The van der Waals surface area contributed by atoms with Gasteiger partial charge in [0.15, 0.2) is 6.61 Å². The fourth-order valence-corrected chi connectivity index (χ4v) is 2.00. The molecule has 0 radical (unpaired) electrons. The second-order valence-electron chi connectivity index (χ2n) is 5.22. The van der Waals surface area contributed by atoms with E-state index in [1.807, 2.05) is 6.92 Å². The lowest BCUT2D eigenvalue weighted by Crippen LogP contribution is -2.34. The van der Waals surface area contributed by atoms with Crippen LogP contribution in [-0.2, 0) is 9.63 Å². The Bertz CT molecular complexity index is 768. The number of hydrogen-bond donors (Lipinski definition) is 2. The summed E-state index contributed by atoms with van der Waals surface area (Å²) in [6.45, 7) is 1.49. The van der Waals surface area contributed by atoms with Crippen LogP contribution in [0.3, 0.4) is 0 Å².